The van der Waals surface area contributed by atoms with E-state index in [-0.39, 0.29) is 6.04 Å². The molecule has 1 fully saturated rings. The average molecular weight is 350 g/mol. The van der Waals surface area contributed by atoms with E-state index in [1.165, 1.54) is 18.4 Å². The molecule has 0 spiro atoms. The first kappa shape index (κ1) is 17.0. The van der Waals surface area contributed by atoms with Gasteiger partial charge in [-0.25, -0.2) is 0 Å². The number of anilines is 1. The predicted octanol–water partition coefficient (Wildman–Crippen LogP) is 5.73. The van der Waals surface area contributed by atoms with Gasteiger partial charge in [0.25, 0.3) is 0 Å². The fourth-order valence-corrected chi connectivity index (χ4v) is 3.27. The van der Waals surface area contributed by atoms with Crippen LogP contribution in [0.3, 0.4) is 0 Å². The number of nitrogens with zero attached hydrogens (tertiary/aromatic N) is 1. The van der Waals surface area contributed by atoms with Crippen LogP contribution in [0.15, 0.2) is 47.1 Å². The van der Waals surface area contributed by atoms with Gasteiger partial charge in [-0.05, 0) is 61.9 Å². The molecule has 0 amide bonds. The molecule has 26 heavy (non-hydrogen) atoms. The molecule has 1 atom stereocenters. The summed E-state index contributed by atoms with van der Waals surface area (Å²) < 4.78 is 12.2. The van der Waals surface area contributed by atoms with E-state index in [1.54, 1.807) is 6.20 Å². The SMILES string of the molecule is Cc1c(C(Nc2cccnc2)C(C)C)oc2ccc(OCC3CC3)cc12. The molecule has 3 aromatic rings. The highest BCUT2D eigenvalue weighted by molar-refractivity contribution is 5.83. The minimum Gasteiger partial charge on any atom is -0.493 e. The number of furan rings is 1. The van der Waals surface area contributed by atoms with E-state index in [0.29, 0.717) is 5.92 Å². The Morgan fingerprint density at radius 1 is 1.27 bits per heavy atom. The van der Waals surface area contributed by atoms with Crippen LogP contribution in [0.1, 0.15) is 44.1 Å². The van der Waals surface area contributed by atoms with Crippen LogP contribution in [0, 0.1) is 18.8 Å². The zero-order chi connectivity index (χ0) is 18.1. The van der Waals surface area contributed by atoms with Crippen LogP contribution in [-0.2, 0) is 0 Å². The molecular formula is C22H26N2O2. The van der Waals surface area contributed by atoms with Crippen molar-refractivity contribution < 1.29 is 9.15 Å². The largest absolute Gasteiger partial charge is 0.493 e. The summed E-state index contributed by atoms with van der Waals surface area (Å²) in [4.78, 5) is 4.20. The highest BCUT2D eigenvalue weighted by atomic mass is 16.5. The summed E-state index contributed by atoms with van der Waals surface area (Å²) >= 11 is 0. The molecule has 1 N–H and O–H groups in total. The fourth-order valence-electron chi connectivity index (χ4n) is 3.27. The molecule has 136 valence electrons. The highest BCUT2D eigenvalue weighted by Gasteiger charge is 2.24. The molecule has 4 nitrogen and oxygen atoms in total. The van der Waals surface area contributed by atoms with Gasteiger partial charge in [0.05, 0.1) is 18.3 Å². The summed E-state index contributed by atoms with van der Waals surface area (Å²) in [5.74, 6) is 3.04. The predicted molar refractivity (Wildman–Crippen MR) is 105 cm³/mol. The maximum atomic E-state index is 6.25. The second-order valence-electron chi connectivity index (χ2n) is 7.61. The van der Waals surface area contributed by atoms with E-state index in [9.17, 15) is 0 Å². The molecule has 1 aromatic carbocycles. The number of pyridine rings is 1. The third-order valence-electron chi connectivity index (χ3n) is 5.06. The number of hydrogen-bond acceptors (Lipinski definition) is 4. The molecule has 1 saturated carbocycles. The molecule has 0 radical (unpaired) electrons. The van der Waals surface area contributed by atoms with E-state index in [0.717, 1.165) is 40.7 Å². The van der Waals surface area contributed by atoms with Gasteiger partial charge < -0.3 is 14.5 Å². The molecule has 2 heterocycles. The third kappa shape index (κ3) is 3.55. The monoisotopic (exact) mass is 350 g/mol. The Bertz CT molecular complexity index is 882. The van der Waals surface area contributed by atoms with Crippen molar-refractivity contribution in [2.45, 2.75) is 39.7 Å². The topological polar surface area (TPSA) is 47.3 Å². The standard InChI is InChI=1S/C22H26N2O2/c1-14(2)21(24-17-5-4-10-23-12-17)22-15(3)19-11-18(8-9-20(19)26-22)25-13-16-6-7-16/h4-5,8-12,14,16,21,24H,6-7,13H2,1-3H3. The Kier molecular flexibility index (Phi) is 4.58. The molecule has 0 saturated heterocycles. The van der Waals surface area contributed by atoms with Crippen LogP contribution in [0.25, 0.3) is 11.0 Å². The van der Waals surface area contributed by atoms with E-state index >= 15 is 0 Å². The quantitative estimate of drug-likeness (QED) is 0.591. The Morgan fingerprint density at radius 3 is 2.81 bits per heavy atom. The van der Waals surface area contributed by atoms with E-state index in [4.69, 9.17) is 9.15 Å². The number of rotatable bonds is 7. The number of fused-ring (bicyclic) bond motifs is 1. The average Bonchev–Trinajstić information content (AvgIpc) is 3.42. The fraction of sp³-hybridized carbons (Fsp3) is 0.409. The highest BCUT2D eigenvalue weighted by Crippen LogP contribution is 2.37. The summed E-state index contributed by atoms with van der Waals surface area (Å²) in [6.07, 6.45) is 6.22. The van der Waals surface area contributed by atoms with Crippen molar-refractivity contribution in [2.75, 3.05) is 11.9 Å². The van der Waals surface area contributed by atoms with Gasteiger partial charge in [-0.2, -0.15) is 0 Å². The number of aryl methyl sites for hydroxylation is 1. The minimum atomic E-state index is 0.0856. The van der Waals surface area contributed by atoms with Crippen molar-refractivity contribution in [3.05, 3.63) is 54.0 Å². The zero-order valence-electron chi connectivity index (χ0n) is 15.7. The maximum Gasteiger partial charge on any atom is 0.134 e. The van der Waals surface area contributed by atoms with Crippen molar-refractivity contribution in [2.24, 2.45) is 11.8 Å². The molecule has 4 heteroatoms. The summed E-state index contributed by atoms with van der Waals surface area (Å²) in [5.41, 5.74) is 3.08. The number of benzene rings is 1. The van der Waals surface area contributed by atoms with Crippen molar-refractivity contribution >= 4 is 16.7 Å². The molecule has 1 aliphatic rings. The van der Waals surface area contributed by atoms with Crippen LogP contribution in [0.2, 0.25) is 0 Å². The molecule has 1 unspecified atom stereocenters. The van der Waals surface area contributed by atoms with Crippen LogP contribution in [-0.4, -0.2) is 11.6 Å². The van der Waals surface area contributed by atoms with Crippen LogP contribution >= 0.6 is 0 Å². The first-order chi connectivity index (χ1) is 12.6. The molecule has 1 aliphatic carbocycles. The third-order valence-corrected chi connectivity index (χ3v) is 5.06. The number of nitrogens with one attached hydrogen (secondary N) is 1. The molecule has 0 aliphatic heterocycles. The second kappa shape index (κ2) is 7.02. The van der Waals surface area contributed by atoms with E-state index in [2.05, 4.69) is 37.1 Å². The molecule has 4 rings (SSSR count). The Balaban J connectivity index is 1.63. The Morgan fingerprint density at radius 2 is 2.12 bits per heavy atom. The van der Waals surface area contributed by atoms with Gasteiger partial charge >= 0.3 is 0 Å². The molecular weight excluding hydrogens is 324 g/mol. The first-order valence-electron chi connectivity index (χ1n) is 9.44. The lowest BCUT2D eigenvalue weighted by molar-refractivity contribution is 0.300. The molecule has 2 aromatic heterocycles. The smallest absolute Gasteiger partial charge is 0.134 e. The van der Waals surface area contributed by atoms with Gasteiger partial charge in [0.2, 0.25) is 0 Å². The normalized spacial score (nSPS) is 15.4. The lowest BCUT2D eigenvalue weighted by Crippen LogP contribution is -2.17. The first-order valence-corrected chi connectivity index (χ1v) is 9.44. The molecule has 0 bridgehead atoms. The Labute approximate surface area is 154 Å². The van der Waals surface area contributed by atoms with Gasteiger partial charge in [0.1, 0.15) is 17.1 Å². The van der Waals surface area contributed by atoms with E-state index < -0.39 is 0 Å². The van der Waals surface area contributed by atoms with Crippen molar-refractivity contribution in [3.63, 3.8) is 0 Å². The Hall–Kier alpha value is -2.49. The van der Waals surface area contributed by atoms with Crippen LogP contribution in [0.5, 0.6) is 5.75 Å². The lowest BCUT2D eigenvalue weighted by atomic mass is 9.98. The number of aromatic nitrogens is 1. The van der Waals surface area contributed by atoms with Gasteiger partial charge in [0.15, 0.2) is 0 Å². The van der Waals surface area contributed by atoms with Gasteiger partial charge in [-0.3, -0.25) is 4.98 Å². The zero-order valence-corrected chi connectivity index (χ0v) is 15.7. The van der Waals surface area contributed by atoms with Gasteiger partial charge in [0, 0.05) is 23.3 Å². The minimum absolute atomic E-state index is 0.0856. The van der Waals surface area contributed by atoms with Crippen molar-refractivity contribution in [1.29, 1.82) is 0 Å². The summed E-state index contributed by atoms with van der Waals surface area (Å²) in [6, 6.07) is 10.2. The van der Waals surface area contributed by atoms with E-state index in [1.807, 2.05) is 30.5 Å². The number of ether oxygens (including phenoxy) is 1. The second-order valence-corrected chi connectivity index (χ2v) is 7.61. The van der Waals surface area contributed by atoms with Crippen LogP contribution < -0.4 is 10.1 Å². The van der Waals surface area contributed by atoms with Crippen LogP contribution in [0.4, 0.5) is 5.69 Å². The van der Waals surface area contributed by atoms with Crippen molar-refractivity contribution in [3.8, 4) is 5.75 Å². The maximum absolute atomic E-state index is 6.25. The summed E-state index contributed by atoms with van der Waals surface area (Å²) in [6.45, 7) is 7.36. The summed E-state index contributed by atoms with van der Waals surface area (Å²) in [5, 5.41) is 4.70. The number of hydrogen-bond donors (Lipinski definition) is 1. The van der Waals surface area contributed by atoms with Gasteiger partial charge in [-0.15, -0.1) is 0 Å². The van der Waals surface area contributed by atoms with Crippen molar-refractivity contribution in [1.82, 2.24) is 4.98 Å². The van der Waals surface area contributed by atoms with Gasteiger partial charge in [-0.1, -0.05) is 13.8 Å². The summed E-state index contributed by atoms with van der Waals surface area (Å²) in [7, 11) is 0. The lowest BCUT2D eigenvalue weighted by Gasteiger charge is -2.22.